The summed E-state index contributed by atoms with van der Waals surface area (Å²) < 4.78 is 4.90. The predicted octanol–water partition coefficient (Wildman–Crippen LogP) is 1.48. The van der Waals surface area contributed by atoms with Crippen LogP contribution in [0.25, 0.3) is 0 Å². The quantitative estimate of drug-likeness (QED) is 0.567. The van der Waals surface area contributed by atoms with Crippen molar-refractivity contribution in [3.8, 4) is 0 Å². The molecule has 1 aliphatic carbocycles. The van der Waals surface area contributed by atoms with Gasteiger partial charge in [0.2, 0.25) is 0 Å². The summed E-state index contributed by atoms with van der Waals surface area (Å²) in [6.07, 6.45) is 0.0321. The highest BCUT2D eigenvalue weighted by atomic mass is 16.6. The molecule has 0 aromatic carbocycles. The van der Waals surface area contributed by atoms with E-state index in [1.165, 1.54) is 0 Å². The zero-order valence-electron chi connectivity index (χ0n) is 9.69. The van der Waals surface area contributed by atoms with Crippen LogP contribution < -0.4 is 0 Å². The minimum atomic E-state index is -0.991. The summed E-state index contributed by atoms with van der Waals surface area (Å²) >= 11 is 0. The minimum Gasteiger partial charge on any atom is -0.481 e. The van der Waals surface area contributed by atoms with Gasteiger partial charge >= 0.3 is 12.1 Å². The number of aliphatic carboxylic acids is 1. The lowest BCUT2D eigenvalue weighted by atomic mass is 10.1. The fourth-order valence-electron chi connectivity index (χ4n) is 1.26. The van der Waals surface area contributed by atoms with E-state index in [9.17, 15) is 14.8 Å². The van der Waals surface area contributed by atoms with E-state index in [0.717, 1.165) is 0 Å². The summed E-state index contributed by atoms with van der Waals surface area (Å²) in [6, 6.07) is 0. The van der Waals surface area contributed by atoms with Crippen molar-refractivity contribution < 1.29 is 24.6 Å². The van der Waals surface area contributed by atoms with Gasteiger partial charge in [0.05, 0.1) is 12.0 Å². The standard InChI is InChI=1S/C10H17NO5/c1-9(2,3)16-8(14)11(15)6-10(4-5-10)7(12)13/h15H,4-6H2,1-3H3,(H,12,13). The zero-order valence-corrected chi connectivity index (χ0v) is 9.69. The Morgan fingerprint density at radius 3 is 2.19 bits per heavy atom. The molecule has 6 nitrogen and oxygen atoms in total. The van der Waals surface area contributed by atoms with Crippen molar-refractivity contribution >= 4 is 12.1 Å². The SMILES string of the molecule is CC(C)(C)OC(=O)N(O)CC1(C(=O)O)CC1. The molecule has 1 fully saturated rings. The highest BCUT2D eigenvalue weighted by Gasteiger charge is 2.52. The van der Waals surface area contributed by atoms with Crippen LogP contribution in [0.2, 0.25) is 0 Å². The van der Waals surface area contributed by atoms with Gasteiger partial charge in [0.1, 0.15) is 5.60 Å². The average molecular weight is 231 g/mol. The third kappa shape index (κ3) is 3.10. The van der Waals surface area contributed by atoms with Gasteiger partial charge in [-0.1, -0.05) is 0 Å². The fourth-order valence-corrected chi connectivity index (χ4v) is 1.26. The maximum absolute atomic E-state index is 11.3. The van der Waals surface area contributed by atoms with E-state index >= 15 is 0 Å². The van der Waals surface area contributed by atoms with Crippen molar-refractivity contribution in [2.24, 2.45) is 5.41 Å². The second kappa shape index (κ2) is 3.93. The summed E-state index contributed by atoms with van der Waals surface area (Å²) in [4.78, 5) is 22.2. The number of hydrogen-bond acceptors (Lipinski definition) is 4. The van der Waals surface area contributed by atoms with Crippen molar-refractivity contribution in [1.82, 2.24) is 5.06 Å². The average Bonchev–Trinajstić information content (AvgIpc) is 2.82. The molecule has 2 N–H and O–H groups in total. The number of carboxylic acids is 1. The molecule has 0 radical (unpaired) electrons. The van der Waals surface area contributed by atoms with Crippen LogP contribution in [0.1, 0.15) is 33.6 Å². The second-order valence-corrected chi connectivity index (χ2v) is 5.12. The molecule has 0 aromatic heterocycles. The van der Waals surface area contributed by atoms with Crippen molar-refractivity contribution in [2.75, 3.05) is 6.54 Å². The number of carboxylic acid groups (broad SMARTS) is 1. The van der Waals surface area contributed by atoms with Crippen LogP contribution in [0.4, 0.5) is 4.79 Å². The van der Waals surface area contributed by atoms with Gasteiger partial charge in [0, 0.05) is 0 Å². The second-order valence-electron chi connectivity index (χ2n) is 5.12. The maximum Gasteiger partial charge on any atom is 0.434 e. The Kier molecular flexibility index (Phi) is 3.14. The van der Waals surface area contributed by atoms with Crippen molar-refractivity contribution in [3.05, 3.63) is 0 Å². The Hall–Kier alpha value is -1.30. The summed E-state index contributed by atoms with van der Waals surface area (Å²) in [5.74, 6) is -0.991. The third-order valence-electron chi connectivity index (χ3n) is 2.36. The van der Waals surface area contributed by atoms with Crippen LogP contribution in [-0.4, -0.2) is 39.6 Å². The number of hydrogen-bond donors (Lipinski definition) is 2. The molecule has 0 heterocycles. The van der Waals surface area contributed by atoms with Crippen molar-refractivity contribution in [3.63, 3.8) is 0 Å². The van der Waals surface area contributed by atoms with E-state index in [2.05, 4.69) is 0 Å². The normalized spacial score (nSPS) is 17.8. The van der Waals surface area contributed by atoms with Gasteiger partial charge in [-0.05, 0) is 33.6 Å². The maximum atomic E-state index is 11.3. The molecule has 0 atom stereocenters. The first kappa shape index (κ1) is 12.8. The van der Waals surface area contributed by atoms with E-state index in [-0.39, 0.29) is 6.54 Å². The van der Waals surface area contributed by atoms with E-state index in [1.807, 2.05) is 0 Å². The monoisotopic (exact) mass is 231 g/mol. The molecule has 92 valence electrons. The van der Waals surface area contributed by atoms with Gasteiger partial charge in [0.25, 0.3) is 0 Å². The lowest BCUT2D eigenvalue weighted by molar-refractivity contribution is -0.150. The van der Waals surface area contributed by atoms with Crippen LogP contribution in [0, 0.1) is 5.41 Å². The Balaban J connectivity index is 2.50. The van der Waals surface area contributed by atoms with E-state index in [1.54, 1.807) is 20.8 Å². The molecule has 0 aliphatic heterocycles. The molecule has 0 aromatic rings. The molecule has 0 spiro atoms. The van der Waals surface area contributed by atoms with Crippen LogP contribution in [0.3, 0.4) is 0 Å². The highest BCUT2D eigenvalue weighted by Crippen LogP contribution is 2.46. The summed E-state index contributed by atoms with van der Waals surface area (Å²) in [7, 11) is 0. The lowest BCUT2D eigenvalue weighted by Gasteiger charge is -2.24. The molecular formula is C10H17NO5. The molecule has 1 rings (SSSR count). The number of ether oxygens (including phenoxy) is 1. The first-order chi connectivity index (χ1) is 7.16. The summed E-state index contributed by atoms with van der Waals surface area (Å²) in [6.45, 7) is 4.78. The van der Waals surface area contributed by atoms with Crippen LogP contribution in [0.5, 0.6) is 0 Å². The molecule has 0 unspecified atom stereocenters. The summed E-state index contributed by atoms with van der Waals surface area (Å²) in [5, 5.41) is 18.6. The number of rotatable bonds is 3. The number of carbonyl (C=O) groups is 2. The zero-order chi connectivity index (χ0) is 12.6. The Labute approximate surface area is 93.8 Å². The highest BCUT2D eigenvalue weighted by molar-refractivity contribution is 5.79. The Morgan fingerprint density at radius 2 is 1.88 bits per heavy atom. The molecule has 0 bridgehead atoms. The van der Waals surface area contributed by atoms with Crippen LogP contribution in [0.15, 0.2) is 0 Å². The first-order valence-electron chi connectivity index (χ1n) is 5.09. The largest absolute Gasteiger partial charge is 0.481 e. The first-order valence-corrected chi connectivity index (χ1v) is 5.09. The third-order valence-corrected chi connectivity index (χ3v) is 2.36. The van der Waals surface area contributed by atoms with E-state index in [4.69, 9.17) is 9.84 Å². The lowest BCUT2D eigenvalue weighted by Crippen LogP contribution is -2.39. The molecule has 1 aliphatic rings. The van der Waals surface area contributed by atoms with Gasteiger partial charge in [-0.15, -0.1) is 0 Å². The molecular weight excluding hydrogens is 214 g/mol. The minimum absolute atomic E-state index is 0.225. The van der Waals surface area contributed by atoms with Gasteiger partial charge in [-0.2, -0.15) is 5.06 Å². The molecule has 0 saturated heterocycles. The number of hydroxylamine groups is 2. The molecule has 1 saturated carbocycles. The number of carbonyl (C=O) groups excluding carboxylic acids is 1. The van der Waals surface area contributed by atoms with E-state index in [0.29, 0.717) is 17.9 Å². The van der Waals surface area contributed by atoms with Crippen molar-refractivity contribution in [2.45, 2.75) is 39.2 Å². The van der Waals surface area contributed by atoms with E-state index < -0.39 is 23.1 Å². The Morgan fingerprint density at radius 1 is 1.38 bits per heavy atom. The van der Waals surface area contributed by atoms with Gasteiger partial charge in [0.15, 0.2) is 0 Å². The predicted molar refractivity (Wildman–Crippen MR) is 54.0 cm³/mol. The molecule has 6 heteroatoms. The van der Waals surface area contributed by atoms with Gasteiger partial charge < -0.3 is 9.84 Å². The number of amides is 1. The molecule has 1 amide bonds. The molecule has 16 heavy (non-hydrogen) atoms. The van der Waals surface area contributed by atoms with Gasteiger partial charge in [-0.3, -0.25) is 10.0 Å². The summed E-state index contributed by atoms with van der Waals surface area (Å²) in [5.41, 5.74) is -1.69. The Bertz CT molecular complexity index is 303. The number of nitrogens with zero attached hydrogens (tertiary/aromatic N) is 1. The fraction of sp³-hybridized carbons (Fsp3) is 0.800. The topological polar surface area (TPSA) is 87.1 Å². The van der Waals surface area contributed by atoms with Crippen molar-refractivity contribution in [1.29, 1.82) is 0 Å². The van der Waals surface area contributed by atoms with Crippen LogP contribution in [-0.2, 0) is 9.53 Å². The van der Waals surface area contributed by atoms with Gasteiger partial charge in [-0.25, -0.2) is 4.79 Å². The van der Waals surface area contributed by atoms with Crippen LogP contribution >= 0.6 is 0 Å². The smallest absolute Gasteiger partial charge is 0.434 e.